The number of hydrogen-bond donors (Lipinski definition) is 2. The first-order chi connectivity index (χ1) is 9.29. The Balaban J connectivity index is 2.25. The normalized spacial score (nSPS) is 19.9. The molecule has 20 heavy (non-hydrogen) atoms. The lowest BCUT2D eigenvalue weighted by Crippen LogP contribution is -2.45. The van der Waals surface area contributed by atoms with E-state index in [1.807, 2.05) is 0 Å². The summed E-state index contributed by atoms with van der Waals surface area (Å²) in [7, 11) is -3.75. The van der Waals surface area contributed by atoms with Crippen molar-refractivity contribution in [2.45, 2.75) is 30.7 Å². The number of rotatable bonds is 2. The number of carbonyl (C=O) groups is 1. The minimum absolute atomic E-state index is 0.0116. The van der Waals surface area contributed by atoms with E-state index in [4.69, 9.17) is 10.9 Å². The van der Waals surface area contributed by atoms with Gasteiger partial charge in [-0.1, -0.05) is 0 Å². The van der Waals surface area contributed by atoms with E-state index in [-0.39, 0.29) is 16.8 Å². The average Bonchev–Trinajstić information content (AvgIpc) is 2.36. The van der Waals surface area contributed by atoms with Crippen molar-refractivity contribution in [2.75, 3.05) is 13.1 Å². The van der Waals surface area contributed by atoms with Gasteiger partial charge in [0.15, 0.2) is 0 Å². The van der Waals surface area contributed by atoms with Gasteiger partial charge in [0.25, 0.3) is 5.91 Å². The number of nitrogens with two attached hydrogens (primary N) is 2. The predicted octanol–water partition coefficient (Wildman–Crippen LogP) is 0.206. The number of nitrogens with zero attached hydrogens (tertiary/aromatic N) is 1. The molecule has 0 aliphatic carbocycles. The SMILES string of the molecule is Cc1cc(C(=O)N2CCCC(N)C2)ccc1S(N)(=O)=O. The molecule has 0 saturated carbocycles. The summed E-state index contributed by atoms with van der Waals surface area (Å²) < 4.78 is 22.7. The Morgan fingerprint density at radius 2 is 2.10 bits per heavy atom. The lowest BCUT2D eigenvalue weighted by atomic mass is 10.0. The fraction of sp³-hybridized carbons (Fsp3) is 0.462. The van der Waals surface area contributed by atoms with Gasteiger partial charge in [0.05, 0.1) is 4.90 Å². The molecule has 1 heterocycles. The maximum Gasteiger partial charge on any atom is 0.253 e. The van der Waals surface area contributed by atoms with Crippen molar-refractivity contribution >= 4 is 15.9 Å². The summed E-state index contributed by atoms with van der Waals surface area (Å²) in [6, 6.07) is 4.44. The Morgan fingerprint density at radius 3 is 2.65 bits per heavy atom. The third-order valence-electron chi connectivity index (χ3n) is 3.47. The van der Waals surface area contributed by atoms with E-state index in [0.717, 1.165) is 12.8 Å². The number of benzene rings is 1. The summed E-state index contributed by atoms with van der Waals surface area (Å²) in [5, 5.41) is 5.11. The number of aryl methyl sites for hydroxylation is 1. The van der Waals surface area contributed by atoms with Gasteiger partial charge in [-0.2, -0.15) is 0 Å². The summed E-state index contributed by atoms with van der Waals surface area (Å²) >= 11 is 0. The number of likely N-dealkylation sites (tertiary alicyclic amines) is 1. The zero-order chi connectivity index (χ0) is 14.9. The first kappa shape index (κ1) is 15.0. The maximum absolute atomic E-state index is 12.3. The number of hydrogen-bond acceptors (Lipinski definition) is 4. The van der Waals surface area contributed by atoms with Crippen molar-refractivity contribution in [1.29, 1.82) is 0 Å². The predicted molar refractivity (Wildman–Crippen MR) is 75.7 cm³/mol. The Hall–Kier alpha value is -1.44. The van der Waals surface area contributed by atoms with Crippen molar-refractivity contribution < 1.29 is 13.2 Å². The van der Waals surface area contributed by atoms with Gasteiger partial charge in [0, 0.05) is 24.7 Å². The lowest BCUT2D eigenvalue weighted by molar-refractivity contribution is 0.0708. The van der Waals surface area contributed by atoms with Crippen LogP contribution in [0.3, 0.4) is 0 Å². The number of carbonyl (C=O) groups excluding carboxylic acids is 1. The molecule has 110 valence electrons. The van der Waals surface area contributed by atoms with Crippen LogP contribution in [0.25, 0.3) is 0 Å². The molecule has 4 N–H and O–H groups in total. The molecule has 1 fully saturated rings. The summed E-state index contributed by atoms with van der Waals surface area (Å²) in [4.78, 5) is 14.1. The third-order valence-corrected chi connectivity index (χ3v) is 4.54. The molecular formula is C13H19N3O3S. The molecule has 1 saturated heterocycles. The third kappa shape index (κ3) is 3.17. The van der Waals surface area contributed by atoms with E-state index < -0.39 is 10.0 Å². The molecule has 7 heteroatoms. The molecule has 0 aromatic heterocycles. The Kier molecular flexibility index (Phi) is 4.12. The highest BCUT2D eigenvalue weighted by Gasteiger charge is 2.23. The second kappa shape index (κ2) is 5.51. The van der Waals surface area contributed by atoms with Crippen molar-refractivity contribution in [1.82, 2.24) is 4.90 Å². The van der Waals surface area contributed by atoms with Gasteiger partial charge < -0.3 is 10.6 Å². The molecule has 2 rings (SSSR count). The van der Waals surface area contributed by atoms with Crippen molar-refractivity contribution in [3.8, 4) is 0 Å². The van der Waals surface area contributed by atoms with Gasteiger partial charge >= 0.3 is 0 Å². The molecule has 1 atom stereocenters. The van der Waals surface area contributed by atoms with E-state index in [2.05, 4.69) is 0 Å². The van der Waals surface area contributed by atoms with Crippen LogP contribution in [0.2, 0.25) is 0 Å². The van der Waals surface area contributed by atoms with E-state index in [0.29, 0.717) is 24.2 Å². The molecule has 1 unspecified atom stereocenters. The lowest BCUT2D eigenvalue weighted by Gasteiger charge is -2.31. The molecule has 0 radical (unpaired) electrons. The molecular weight excluding hydrogens is 278 g/mol. The van der Waals surface area contributed by atoms with Crippen LogP contribution < -0.4 is 10.9 Å². The summed E-state index contributed by atoms with van der Waals surface area (Å²) in [6.45, 7) is 2.84. The fourth-order valence-corrected chi connectivity index (χ4v) is 3.24. The van der Waals surface area contributed by atoms with Gasteiger partial charge in [-0.25, -0.2) is 13.6 Å². The van der Waals surface area contributed by atoms with Crippen LogP contribution in [0.5, 0.6) is 0 Å². The zero-order valence-electron chi connectivity index (χ0n) is 11.4. The Morgan fingerprint density at radius 1 is 1.40 bits per heavy atom. The van der Waals surface area contributed by atoms with Crippen LogP contribution in [0.1, 0.15) is 28.8 Å². The molecule has 0 bridgehead atoms. The van der Waals surface area contributed by atoms with Crippen LogP contribution >= 0.6 is 0 Å². The fourth-order valence-electron chi connectivity index (χ4n) is 2.48. The first-order valence-corrected chi connectivity index (χ1v) is 8.02. The topological polar surface area (TPSA) is 106 Å². The highest BCUT2D eigenvalue weighted by atomic mass is 32.2. The Labute approximate surface area is 118 Å². The molecule has 1 amide bonds. The minimum Gasteiger partial charge on any atom is -0.337 e. The van der Waals surface area contributed by atoms with Gasteiger partial charge in [0.2, 0.25) is 10.0 Å². The van der Waals surface area contributed by atoms with E-state index >= 15 is 0 Å². The van der Waals surface area contributed by atoms with Crippen LogP contribution in [-0.4, -0.2) is 38.4 Å². The van der Waals surface area contributed by atoms with Gasteiger partial charge in [0.1, 0.15) is 0 Å². The number of piperidine rings is 1. The van der Waals surface area contributed by atoms with Gasteiger partial charge in [-0.15, -0.1) is 0 Å². The number of amides is 1. The largest absolute Gasteiger partial charge is 0.337 e. The second-order valence-corrected chi connectivity index (χ2v) is 6.71. The minimum atomic E-state index is -3.75. The smallest absolute Gasteiger partial charge is 0.253 e. The highest BCUT2D eigenvalue weighted by Crippen LogP contribution is 2.18. The average molecular weight is 297 g/mol. The molecule has 6 nitrogen and oxygen atoms in total. The first-order valence-electron chi connectivity index (χ1n) is 6.47. The van der Waals surface area contributed by atoms with E-state index in [9.17, 15) is 13.2 Å². The number of primary sulfonamides is 1. The zero-order valence-corrected chi connectivity index (χ0v) is 12.2. The molecule has 1 aromatic carbocycles. The van der Waals surface area contributed by atoms with E-state index in [1.165, 1.54) is 12.1 Å². The second-order valence-electron chi connectivity index (χ2n) is 5.18. The van der Waals surface area contributed by atoms with Crippen molar-refractivity contribution in [2.24, 2.45) is 10.9 Å². The van der Waals surface area contributed by atoms with Crippen molar-refractivity contribution in [3.63, 3.8) is 0 Å². The van der Waals surface area contributed by atoms with Gasteiger partial charge in [-0.3, -0.25) is 4.79 Å². The molecule has 1 aliphatic rings. The summed E-state index contributed by atoms with van der Waals surface area (Å²) in [6.07, 6.45) is 1.81. The molecule has 1 aliphatic heterocycles. The highest BCUT2D eigenvalue weighted by molar-refractivity contribution is 7.89. The van der Waals surface area contributed by atoms with Crippen LogP contribution in [0.4, 0.5) is 0 Å². The molecule has 1 aromatic rings. The van der Waals surface area contributed by atoms with E-state index in [1.54, 1.807) is 17.9 Å². The Bertz CT molecular complexity index is 628. The van der Waals surface area contributed by atoms with Crippen LogP contribution in [-0.2, 0) is 10.0 Å². The monoisotopic (exact) mass is 297 g/mol. The molecule has 0 spiro atoms. The van der Waals surface area contributed by atoms with Crippen molar-refractivity contribution in [3.05, 3.63) is 29.3 Å². The summed E-state index contributed by atoms with van der Waals surface area (Å²) in [5.41, 5.74) is 6.80. The van der Waals surface area contributed by atoms with Crippen LogP contribution in [0.15, 0.2) is 23.1 Å². The van der Waals surface area contributed by atoms with Gasteiger partial charge in [-0.05, 0) is 43.5 Å². The quantitative estimate of drug-likeness (QED) is 0.813. The summed E-state index contributed by atoms with van der Waals surface area (Å²) in [5.74, 6) is -0.121. The maximum atomic E-state index is 12.3. The van der Waals surface area contributed by atoms with Crippen LogP contribution in [0, 0.1) is 6.92 Å². The number of sulfonamides is 1. The standard InChI is InChI=1S/C13H19N3O3S/c1-9-7-10(4-5-12(9)20(15,18)19)13(17)16-6-2-3-11(14)8-16/h4-5,7,11H,2-3,6,8,14H2,1H3,(H2,15,18,19).